The Morgan fingerprint density at radius 1 is 1.32 bits per heavy atom. The molecule has 0 aliphatic carbocycles. The van der Waals surface area contributed by atoms with Gasteiger partial charge >= 0.3 is 0 Å². The fourth-order valence-electron chi connectivity index (χ4n) is 2.17. The molecule has 0 saturated carbocycles. The molecule has 2 aliphatic heterocycles. The highest BCUT2D eigenvalue weighted by Gasteiger charge is 2.19. The van der Waals surface area contributed by atoms with Crippen molar-refractivity contribution in [1.82, 2.24) is 4.90 Å². The van der Waals surface area contributed by atoms with E-state index < -0.39 is 0 Å². The van der Waals surface area contributed by atoms with Gasteiger partial charge in [-0.05, 0) is 23.8 Å². The topological polar surface area (TPSA) is 45.0 Å². The van der Waals surface area contributed by atoms with Crippen molar-refractivity contribution in [2.45, 2.75) is 20.4 Å². The number of amidine groups is 2. The molecule has 0 N–H and O–H groups in total. The molecular weight excluding hydrogens is 274 g/mol. The Hall–Kier alpha value is -2.75. The van der Waals surface area contributed by atoms with Gasteiger partial charge in [-0.3, -0.25) is 4.79 Å². The number of carbonyl (C=O) groups excluding carboxylic acids is 1. The molecule has 4 heteroatoms. The summed E-state index contributed by atoms with van der Waals surface area (Å²) in [5, 5.41) is 0. The number of benzene rings is 1. The minimum atomic E-state index is -0.386. The Morgan fingerprint density at radius 3 is 2.86 bits per heavy atom. The first-order chi connectivity index (χ1) is 10.8. The minimum Gasteiger partial charge on any atom is -0.329 e. The normalized spacial score (nSPS) is 16.7. The van der Waals surface area contributed by atoms with E-state index in [2.05, 4.69) is 16.6 Å². The predicted octanol–water partition coefficient (Wildman–Crippen LogP) is 3.47. The number of hydrogen-bond donors (Lipinski definition) is 0. The molecule has 1 aromatic carbocycles. The van der Waals surface area contributed by atoms with Crippen LogP contribution in [0.15, 0.2) is 71.3 Å². The monoisotopic (exact) mass is 293 g/mol. The Balaban J connectivity index is 0.000000847. The van der Waals surface area contributed by atoms with Crippen molar-refractivity contribution in [1.29, 1.82) is 0 Å². The molecule has 4 nitrogen and oxygen atoms in total. The van der Waals surface area contributed by atoms with Crippen LogP contribution in [0.2, 0.25) is 0 Å². The molecule has 0 unspecified atom stereocenters. The van der Waals surface area contributed by atoms with Crippen molar-refractivity contribution < 1.29 is 4.79 Å². The lowest BCUT2D eigenvalue weighted by Gasteiger charge is -2.20. The van der Waals surface area contributed by atoms with Crippen LogP contribution in [0.5, 0.6) is 0 Å². The molecule has 22 heavy (non-hydrogen) atoms. The molecule has 0 bridgehead atoms. The highest BCUT2D eigenvalue weighted by atomic mass is 16.1. The van der Waals surface area contributed by atoms with E-state index in [1.807, 2.05) is 67.4 Å². The zero-order chi connectivity index (χ0) is 15.9. The van der Waals surface area contributed by atoms with E-state index in [-0.39, 0.29) is 5.91 Å². The van der Waals surface area contributed by atoms with Gasteiger partial charge in [-0.2, -0.15) is 4.99 Å². The van der Waals surface area contributed by atoms with Gasteiger partial charge in [-0.25, -0.2) is 4.99 Å². The van der Waals surface area contributed by atoms with Gasteiger partial charge in [0, 0.05) is 18.3 Å². The smallest absolute Gasteiger partial charge is 0.271 e. The maximum Gasteiger partial charge on any atom is 0.271 e. The summed E-state index contributed by atoms with van der Waals surface area (Å²) in [6, 6.07) is 7.84. The standard InChI is InChI=1S/C16H13N3O.C2H6/c1-2-15(20)18-16-13-8-4-3-7-12(13)11-19-10-6-5-9-14(19)17-16;1-2/h2-10H,1,11H2;1-2H3. The first-order valence-corrected chi connectivity index (χ1v) is 7.31. The molecule has 0 saturated heterocycles. The van der Waals surface area contributed by atoms with Crippen molar-refractivity contribution in [3.8, 4) is 0 Å². The average molecular weight is 293 g/mol. The van der Waals surface area contributed by atoms with Crippen LogP contribution >= 0.6 is 0 Å². The Bertz CT molecular complexity index is 696. The molecule has 0 aromatic heterocycles. The first kappa shape index (κ1) is 15.6. The van der Waals surface area contributed by atoms with Crippen molar-refractivity contribution in [2.24, 2.45) is 9.98 Å². The van der Waals surface area contributed by atoms with Crippen LogP contribution in [0.3, 0.4) is 0 Å². The lowest BCUT2D eigenvalue weighted by molar-refractivity contribution is -0.113. The summed E-state index contributed by atoms with van der Waals surface area (Å²) in [4.78, 5) is 22.1. The zero-order valence-electron chi connectivity index (χ0n) is 12.9. The highest BCUT2D eigenvalue weighted by Crippen LogP contribution is 2.20. The van der Waals surface area contributed by atoms with Gasteiger partial charge in [0.1, 0.15) is 5.84 Å². The number of rotatable bonds is 1. The molecule has 1 aromatic rings. The van der Waals surface area contributed by atoms with E-state index in [1.54, 1.807) is 0 Å². The summed E-state index contributed by atoms with van der Waals surface area (Å²) < 4.78 is 0. The highest BCUT2D eigenvalue weighted by molar-refractivity contribution is 6.15. The van der Waals surface area contributed by atoms with Crippen LogP contribution in [0, 0.1) is 0 Å². The Morgan fingerprint density at radius 2 is 2.09 bits per heavy atom. The fraction of sp³-hybridized carbons (Fsp3) is 0.167. The average Bonchev–Trinajstić information content (AvgIpc) is 2.73. The van der Waals surface area contributed by atoms with Gasteiger partial charge < -0.3 is 4.90 Å². The number of allylic oxidation sites excluding steroid dienone is 2. The van der Waals surface area contributed by atoms with E-state index in [0.29, 0.717) is 12.4 Å². The molecule has 112 valence electrons. The van der Waals surface area contributed by atoms with E-state index in [9.17, 15) is 4.79 Å². The molecule has 2 heterocycles. The maximum absolute atomic E-state index is 11.5. The van der Waals surface area contributed by atoms with E-state index >= 15 is 0 Å². The fourth-order valence-corrected chi connectivity index (χ4v) is 2.17. The van der Waals surface area contributed by atoms with E-state index in [1.165, 1.54) is 6.08 Å². The first-order valence-electron chi connectivity index (χ1n) is 7.31. The summed E-state index contributed by atoms with van der Waals surface area (Å²) in [5.41, 5.74) is 1.97. The zero-order valence-corrected chi connectivity index (χ0v) is 12.9. The van der Waals surface area contributed by atoms with Crippen LogP contribution < -0.4 is 0 Å². The Kier molecular flexibility index (Phi) is 5.20. The number of carbonyl (C=O) groups is 1. The van der Waals surface area contributed by atoms with Crippen LogP contribution in [-0.4, -0.2) is 22.5 Å². The second-order valence-corrected chi connectivity index (χ2v) is 4.43. The van der Waals surface area contributed by atoms with Gasteiger partial charge in [0.05, 0.1) is 0 Å². The summed E-state index contributed by atoms with van der Waals surface area (Å²) in [6.45, 7) is 8.15. The van der Waals surface area contributed by atoms with Crippen molar-refractivity contribution in [2.75, 3.05) is 0 Å². The van der Waals surface area contributed by atoms with Gasteiger partial charge in [-0.1, -0.05) is 50.8 Å². The summed E-state index contributed by atoms with van der Waals surface area (Å²) in [6.07, 6.45) is 8.93. The molecule has 0 radical (unpaired) electrons. The molecule has 0 atom stereocenters. The lowest BCUT2D eigenvalue weighted by Crippen LogP contribution is -2.24. The maximum atomic E-state index is 11.5. The van der Waals surface area contributed by atoms with Crippen LogP contribution in [0.1, 0.15) is 25.0 Å². The van der Waals surface area contributed by atoms with Crippen molar-refractivity contribution >= 4 is 17.6 Å². The van der Waals surface area contributed by atoms with Gasteiger partial charge in [-0.15, -0.1) is 0 Å². The number of aliphatic imine (C=N–C) groups is 2. The summed E-state index contributed by atoms with van der Waals surface area (Å²) in [7, 11) is 0. The number of nitrogens with zero attached hydrogens (tertiary/aromatic N) is 3. The SMILES string of the molecule is C=CC(=O)N=C1N=C2C=CC=CN2Cc2ccccc21.CC. The molecular formula is C18H19N3O. The predicted molar refractivity (Wildman–Crippen MR) is 90.8 cm³/mol. The van der Waals surface area contributed by atoms with Gasteiger partial charge in [0.2, 0.25) is 0 Å². The second-order valence-electron chi connectivity index (χ2n) is 4.43. The summed E-state index contributed by atoms with van der Waals surface area (Å²) >= 11 is 0. The van der Waals surface area contributed by atoms with Crippen LogP contribution in [0.4, 0.5) is 0 Å². The lowest BCUT2D eigenvalue weighted by atomic mass is 10.1. The molecule has 0 fully saturated rings. The van der Waals surface area contributed by atoms with E-state index in [4.69, 9.17) is 0 Å². The number of amides is 1. The van der Waals surface area contributed by atoms with Gasteiger partial charge in [0.25, 0.3) is 5.91 Å². The third-order valence-electron chi connectivity index (χ3n) is 3.13. The minimum absolute atomic E-state index is 0.386. The Labute approximate surface area is 130 Å². The quantitative estimate of drug-likeness (QED) is 0.744. The van der Waals surface area contributed by atoms with Crippen LogP contribution in [-0.2, 0) is 11.3 Å². The number of fused-ring (bicyclic) bond motifs is 2. The largest absolute Gasteiger partial charge is 0.329 e. The summed E-state index contributed by atoms with van der Waals surface area (Å²) in [5.74, 6) is 0.824. The number of hydrogen-bond acceptors (Lipinski definition) is 2. The van der Waals surface area contributed by atoms with Crippen molar-refractivity contribution in [3.63, 3.8) is 0 Å². The van der Waals surface area contributed by atoms with Crippen molar-refractivity contribution in [3.05, 3.63) is 72.5 Å². The third-order valence-corrected chi connectivity index (χ3v) is 3.13. The van der Waals surface area contributed by atoms with Gasteiger partial charge in [0.15, 0.2) is 5.84 Å². The molecule has 3 rings (SSSR count). The second kappa shape index (κ2) is 7.31. The van der Waals surface area contributed by atoms with E-state index in [0.717, 1.165) is 17.0 Å². The molecule has 0 spiro atoms. The molecule has 1 amide bonds. The molecule has 2 aliphatic rings. The van der Waals surface area contributed by atoms with Crippen LogP contribution in [0.25, 0.3) is 0 Å². The third kappa shape index (κ3) is 3.28.